The summed E-state index contributed by atoms with van der Waals surface area (Å²) in [5, 5.41) is 11.7. The lowest BCUT2D eigenvalue weighted by Gasteiger charge is -2.29. The van der Waals surface area contributed by atoms with Gasteiger partial charge in [0.2, 0.25) is 5.91 Å². The molecule has 0 radical (unpaired) electrons. The smallest absolute Gasteiger partial charge is 0.234 e. The molecule has 1 N–H and O–H groups in total. The number of amides is 1. The molecule has 0 bridgehead atoms. The lowest BCUT2D eigenvalue weighted by Crippen LogP contribution is -2.36. The number of aromatic hydroxyl groups is 1. The molecule has 1 aromatic carbocycles. The molecule has 0 fully saturated rings. The van der Waals surface area contributed by atoms with Crippen LogP contribution in [0, 0.1) is 0 Å². The SMILES string of the molecule is CCN(C(=O)C1CCCc2sccc21)c1cccc(O)c1. The van der Waals surface area contributed by atoms with Gasteiger partial charge in [0.25, 0.3) is 0 Å². The maximum absolute atomic E-state index is 13.0. The second-order valence-electron chi connectivity index (χ2n) is 5.35. The number of thiophene rings is 1. The number of anilines is 1. The number of carbonyl (C=O) groups is 1. The molecule has 0 saturated carbocycles. The number of hydrogen-bond acceptors (Lipinski definition) is 3. The first-order chi connectivity index (χ1) is 10.2. The van der Waals surface area contributed by atoms with E-state index < -0.39 is 0 Å². The van der Waals surface area contributed by atoms with Crippen molar-refractivity contribution in [2.24, 2.45) is 0 Å². The van der Waals surface area contributed by atoms with Crippen LogP contribution >= 0.6 is 11.3 Å². The highest BCUT2D eigenvalue weighted by atomic mass is 32.1. The van der Waals surface area contributed by atoms with Crippen LogP contribution in [0.25, 0.3) is 0 Å². The summed E-state index contributed by atoms with van der Waals surface area (Å²) in [6.07, 6.45) is 3.08. The summed E-state index contributed by atoms with van der Waals surface area (Å²) >= 11 is 1.75. The molecule has 1 unspecified atom stereocenters. The Morgan fingerprint density at radius 2 is 2.29 bits per heavy atom. The van der Waals surface area contributed by atoms with Gasteiger partial charge in [0.15, 0.2) is 0 Å². The number of phenols is 1. The molecule has 21 heavy (non-hydrogen) atoms. The first-order valence-electron chi connectivity index (χ1n) is 7.37. The van der Waals surface area contributed by atoms with E-state index >= 15 is 0 Å². The summed E-state index contributed by atoms with van der Waals surface area (Å²) in [5.74, 6) is 0.295. The molecule has 2 aromatic rings. The third-order valence-corrected chi connectivity index (χ3v) is 5.07. The van der Waals surface area contributed by atoms with Gasteiger partial charge in [-0.2, -0.15) is 0 Å². The van der Waals surface area contributed by atoms with Crippen molar-refractivity contribution in [3.63, 3.8) is 0 Å². The molecule has 1 amide bonds. The van der Waals surface area contributed by atoms with Gasteiger partial charge in [0.1, 0.15) is 5.75 Å². The fraction of sp³-hybridized carbons (Fsp3) is 0.353. The lowest BCUT2D eigenvalue weighted by atomic mass is 9.86. The lowest BCUT2D eigenvalue weighted by molar-refractivity contribution is -0.120. The van der Waals surface area contributed by atoms with E-state index in [4.69, 9.17) is 0 Å². The highest BCUT2D eigenvalue weighted by molar-refractivity contribution is 7.10. The fourth-order valence-electron chi connectivity index (χ4n) is 3.06. The van der Waals surface area contributed by atoms with Crippen LogP contribution in [0.15, 0.2) is 35.7 Å². The van der Waals surface area contributed by atoms with Crippen molar-refractivity contribution >= 4 is 22.9 Å². The van der Waals surface area contributed by atoms with Crippen LogP contribution in [-0.2, 0) is 11.2 Å². The number of likely N-dealkylation sites (N-methyl/N-ethyl adjacent to an activating group) is 1. The Hall–Kier alpha value is -1.81. The van der Waals surface area contributed by atoms with Gasteiger partial charge in [-0.25, -0.2) is 0 Å². The number of nitrogens with zero attached hydrogens (tertiary/aromatic N) is 1. The van der Waals surface area contributed by atoms with E-state index in [1.54, 1.807) is 34.4 Å². The first kappa shape index (κ1) is 14.1. The van der Waals surface area contributed by atoms with Gasteiger partial charge >= 0.3 is 0 Å². The topological polar surface area (TPSA) is 40.5 Å². The Morgan fingerprint density at radius 1 is 1.43 bits per heavy atom. The average molecular weight is 301 g/mol. The van der Waals surface area contributed by atoms with Crippen LogP contribution in [0.4, 0.5) is 5.69 Å². The molecule has 110 valence electrons. The van der Waals surface area contributed by atoms with Gasteiger partial charge in [-0.3, -0.25) is 4.79 Å². The van der Waals surface area contributed by atoms with Crippen molar-refractivity contribution in [1.29, 1.82) is 0 Å². The quantitative estimate of drug-likeness (QED) is 0.933. The zero-order valence-corrected chi connectivity index (χ0v) is 12.9. The van der Waals surface area contributed by atoms with Crippen molar-refractivity contribution < 1.29 is 9.90 Å². The maximum Gasteiger partial charge on any atom is 0.234 e. The minimum Gasteiger partial charge on any atom is -0.508 e. The molecule has 4 heteroatoms. The summed E-state index contributed by atoms with van der Waals surface area (Å²) in [6, 6.07) is 9.02. The number of aryl methyl sites for hydroxylation is 1. The Labute approximate surface area is 128 Å². The molecule has 1 aromatic heterocycles. The molecule has 1 atom stereocenters. The number of fused-ring (bicyclic) bond motifs is 1. The minimum absolute atomic E-state index is 0.0395. The Morgan fingerprint density at radius 3 is 3.05 bits per heavy atom. The first-order valence-corrected chi connectivity index (χ1v) is 8.25. The third-order valence-electron chi connectivity index (χ3n) is 4.07. The van der Waals surface area contributed by atoms with E-state index in [0.717, 1.165) is 24.9 Å². The van der Waals surface area contributed by atoms with Crippen molar-refractivity contribution in [2.45, 2.75) is 32.1 Å². The zero-order valence-electron chi connectivity index (χ0n) is 12.1. The minimum atomic E-state index is -0.0395. The van der Waals surface area contributed by atoms with Gasteiger partial charge in [0.05, 0.1) is 5.92 Å². The van der Waals surface area contributed by atoms with Gasteiger partial charge in [-0.1, -0.05) is 6.07 Å². The van der Waals surface area contributed by atoms with E-state index in [0.29, 0.717) is 6.54 Å². The van der Waals surface area contributed by atoms with E-state index in [-0.39, 0.29) is 17.6 Å². The average Bonchev–Trinajstić information content (AvgIpc) is 2.96. The third kappa shape index (κ3) is 2.68. The van der Waals surface area contributed by atoms with Gasteiger partial charge in [0, 0.05) is 23.2 Å². The van der Waals surface area contributed by atoms with E-state index in [9.17, 15) is 9.90 Å². The summed E-state index contributed by atoms with van der Waals surface area (Å²) in [7, 11) is 0. The van der Waals surface area contributed by atoms with E-state index in [2.05, 4.69) is 11.4 Å². The van der Waals surface area contributed by atoms with Gasteiger partial charge in [-0.15, -0.1) is 11.3 Å². The van der Waals surface area contributed by atoms with Crippen LogP contribution in [0.2, 0.25) is 0 Å². The predicted molar refractivity (Wildman–Crippen MR) is 86.1 cm³/mol. The molecular formula is C17H19NO2S. The second-order valence-corrected chi connectivity index (χ2v) is 6.35. The molecule has 1 aliphatic rings. The predicted octanol–water partition coefficient (Wildman–Crippen LogP) is 3.93. The molecule has 0 saturated heterocycles. The highest BCUT2D eigenvalue weighted by Crippen LogP contribution is 2.37. The number of hydrogen-bond donors (Lipinski definition) is 1. The summed E-state index contributed by atoms with van der Waals surface area (Å²) in [4.78, 5) is 16.1. The number of carbonyl (C=O) groups excluding carboxylic acids is 1. The Kier molecular flexibility index (Phi) is 3.97. The number of rotatable bonds is 3. The van der Waals surface area contributed by atoms with Gasteiger partial charge in [-0.05, 0) is 55.3 Å². The Balaban J connectivity index is 1.91. The Bertz CT molecular complexity index is 650. The van der Waals surface area contributed by atoms with Crippen LogP contribution in [-0.4, -0.2) is 17.6 Å². The summed E-state index contributed by atoms with van der Waals surface area (Å²) < 4.78 is 0. The fourth-order valence-corrected chi connectivity index (χ4v) is 4.05. The molecule has 3 rings (SSSR count). The van der Waals surface area contributed by atoms with E-state index in [1.807, 2.05) is 13.0 Å². The monoisotopic (exact) mass is 301 g/mol. The van der Waals surface area contributed by atoms with Crippen molar-refractivity contribution in [3.05, 3.63) is 46.2 Å². The van der Waals surface area contributed by atoms with Crippen molar-refractivity contribution in [2.75, 3.05) is 11.4 Å². The maximum atomic E-state index is 13.0. The van der Waals surface area contributed by atoms with E-state index in [1.165, 1.54) is 10.4 Å². The molecule has 1 heterocycles. The molecule has 1 aliphatic carbocycles. The molecule has 0 aliphatic heterocycles. The summed E-state index contributed by atoms with van der Waals surface area (Å²) in [5.41, 5.74) is 1.97. The molecule has 3 nitrogen and oxygen atoms in total. The van der Waals surface area contributed by atoms with Crippen LogP contribution in [0.1, 0.15) is 36.1 Å². The van der Waals surface area contributed by atoms with Crippen LogP contribution in [0.3, 0.4) is 0 Å². The van der Waals surface area contributed by atoms with Crippen LogP contribution in [0.5, 0.6) is 5.75 Å². The van der Waals surface area contributed by atoms with Crippen molar-refractivity contribution in [1.82, 2.24) is 0 Å². The van der Waals surface area contributed by atoms with Gasteiger partial charge < -0.3 is 10.0 Å². The number of benzene rings is 1. The summed E-state index contributed by atoms with van der Waals surface area (Å²) in [6.45, 7) is 2.58. The highest BCUT2D eigenvalue weighted by Gasteiger charge is 2.30. The molecule has 0 spiro atoms. The standard InChI is InChI=1S/C17H19NO2S/c1-2-18(12-5-3-6-13(19)11-12)17(20)15-7-4-8-16-14(15)9-10-21-16/h3,5-6,9-11,15,19H,2,4,7-8H2,1H3. The molecular weight excluding hydrogens is 282 g/mol. The normalized spacial score (nSPS) is 17.3. The number of phenolic OH excluding ortho intramolecular Hbond substituents is 1. The van der Waals surface area contributed by atoms with Crippen molar-refractivity contribution in [3.8, 4) is 5.75 Å². The second kappa shape index (κ2) is 5.90. The van der Waals surface area contributed by atoms with Crippen LogP contribution < -0.4 is 4.90 Å². The zero-order chi connectivity index (χ0) is 14.8. The largest absolute Gasteiger partial charge is 0.508 e.